The SMILES string of the molecule is CCOc1ccccc1C(=O)C=C1NC(C)(C)Cc2ccccc21. The number of allylic oxidation sites excluding steroid dienone is 1. The highest BCUT2D eigenvalue weighted by Crippen LogP contribution is 2.30. The summed E-state index contributed by atoms with van der Waals surface area (Å²) in [5.41, 5.74) is 3.74. The molecule has 0 fully saturated rings. The van der Waals surface area contributed by atoms with Crippen molar-refractivity contribution in [1.82, 2.24) is 5.32 Å². The van der Waals surface area contributed by atoms with Gasteiger partial charge >= 0.3 is 0 Å². The lowest BCUT2D eigenvalue weighted by Crippen LogP contribution is -2.43. The van der Waals surface area contributed by atoms with Gasteiger partial charge in [0.15, 0.2) is 5.78 Å². The molecule has 0 atom stereocenters. The van der Waals surface area contributed by atoms with Gasteiger partial charge in [-0.25, -0.2) is 0 Å². The monoisotopic (exact) mass is 321 g/mol. The van der Waals surface area contributed by atoms with Crippen LogP contribution in [0.4, 0.5) is 0 Å². The minimum atomic E-state index is -0.0834. The van der Waals surface area contributed by atoms with Crippen molar-refractivity contribution >= 4 is 11.5 Å². The topological polar surface area (TPSA) is 38.3 Å². The minimum Gasteiger partial charge on any atom is -0.493 e. The largest absolute Gasteiger partial charge is 0.493 e. The molecule has 1 heterocycles. The number of carbonyl (C=O) groups excluding carboxylic acids is 1. The van der Waals surface area contributed by atoms with E-state index in [0.29, 0.717) is 17.9 Å². The molecule has 124 valence electrons. The Morgan fingerprint density at radius 3 is 2.67 bits per heavy atom. The molecule has 0 spiro atoms. The summed E-state index contributed by atoms with van der Waals surface area (Å²) in [6.07, 6.45) is 2.63. The van der Waals surface area contributed by atoms with Crippen LogP contribution in [0.5, 0.6) is 5.75 Å². The number of fused-ring (bicyclic) bond motifs is 1. The highest BCUT2D eigenvalue weighted by molar-refractivity contribution is 6.10. The fourth-order valence-electron chi connectivity index (χ4n) is 3.16. The molecular weight excluding hydrogens is 298 g/mol. The number of ketones is 1. The molecule has 0 aliphatic carbocycles. The normalized spacial score (nSPS) is 17.0. The second kappa shape index (κ2) is 6.52. The van der Waals surface area contributed by atoms with E-state index in [1.54, 1.807) is 6.08 Å². The summed E-state index contributed by atoms with van der Waals surface area (Å²) in [7, 11) is 0. The second-order valence-corrected chi connectivity index (χ2v) is 6.69. The summed E-state index contributed by atoms with van der Waals surface area (Å²) < 4.78 is 5.59. The van der Waals surface area contributed by atoms with E-state index in [1.807, 2.05) is 43.3 Å². The summed E-state index contributed by atoms with van der Waals surface area (Å²) in [4.78, 5) is 12.8. The van der Waals surface area contributed by atoms with Gasteiger partial charge in [0.05, 0.1) is 12.2 Å². The first-order chi connectivity index (χ1) is 11.5. The number of hydrogen-bond donors (Lipinski definition) is 1. The number of hydrogen-bond acceptors (Lipinski definition) is 3. The third kappa shape index (κ3) is 3.35. The average molecular weight is 321 g/mol. The van der Waals surface area contributed by atoms with E-state index in [2.05, 4.69) is 31.3 Å². The lowest BCUT2D eigenvalue weighted by atomic mass is 9.85. The molecule has 1 aliphatic heterocycles. The van der Waals surface area contributed by atoms with E-state index >= 15 is 0 Å². The van der Waals surface area contributed by atoms with Gasteiger partial charge in [0.25, 0.3) is 0 Å². The number of nitrogens with one attached hydrogen (secondary N) is 1. The molecule has 3 nitrogen and oxygen atoms in total. The van der Waals surface area contributed by atoms with E-state index in [0.717, 1.165) is 17.7 Å². The summed E-state index contributed by atoms with van der Waals surface area (Å²) in [5.74, 6) is 0.583. The molecule has 3 heteroatoms. The Balaban J connectivity index is 2.01. The van der Waals surface area contributed by atoms with E-state index in [1.165, 1.54) is 5.56 Å². The Hall–Kier alpha value is -2.55. The van der Waals surface area contributed by atoms with Gasteiger partial charge in [-0.15, -0.1) is 0 Å². The van der Waals surface area contributed by atoms with E-state index in [4.69, 9.17) is 4.74 Å². The van der Waals surface area contributed by atoms with Gasteiger partial charge in [0.1, 0.15) is 5.75 Å². The van der Waals surface area contributed by atoms with Crippen LogP contribution in [0.15, 0.2) is 54.6 Å². The minimum absolute atomic E-state index is 0.0472. The maximum atomic E-state index is 12.8. The highest BCUT2D eigenvalue weighted by atomic mass is 16.5. The maximum absolute atomic E-state index is 12.8. The third-order valence-corrected chi connectivity index (χ3v) is 4.14. The van der Waals surface area contributed by atoms with Crippen molar-refractivity contribution in [1.29, 1.82) is 0 Å². The van der Waals surface area contributed by atoms with Crippen LogP contribution in [0.3, 0.4) is 0 Å². The summed E-state index contributed by atoms with van der Waals surface area (Å²) >= 11 is 0. The standard InChI is InChI=1S/C21H23NO2/c1-4-24-20-12-8-7-11-17(20)19(23)13-18-16-10-6-5-9-15(16)14-21(2,3)22-18/h5-13,22H,4,14H2,1-3H3. The zero-order valence-corrected chi connectivity index (χ0v) is 14.4. The van der Waals surface area contributed by atoms with Crippen LogP contribution in [-0.4, -0.2) is 17.9 Å². The van der Waals surface area contributed by atoms with Crippen LogP contribution in [-0.2, 0) is 6.42 Å². The third-order valence-electron chi connectivity index (χ3n) is 4.14. The first kappa shape index (κ1) is 16.3. The second-order valence-electron chi connectivity index (χ2n) is 6.69. The molecule has 0 unspecified atom stereocenters. The molecule has 2 aromatic rings. The smallest absolute Gasteiger partial charge is 0.191 e. The Morgan fingerprint density at radius 2 is 1.88 bits per heavy atom. The van der Waals surface area contributed by atoms with Gasteiger partial charge in [0.2, 0.25) is 0 Å². The summed E-state index contributed by atoms with van der Waals surface area (Å²) in [6, 6.07) is 15.6. The van der Waals surface area contributed by atoms with Crippen LogP contribution >= 0.6 is 0 Å². The molecule has 0 bridgehead atoms. The molecule has 0 amide bonds. The molecule has 0 aromatic heterocycles. The first-order valence-electron chi connectivity index (χ1n) is 8.34. The van der Waals surface area contributed by atoms with Gasteiger partial charge in [-0.3, -0.25) is 4.79 Å². The first-order valence-corrected chi connectivity index (χ1v) is 8.34. The Kier molecular flexibility index (Phi) is 4.43. The molecule has 0 saturated carbocycles. The van der Waals surface area contributed by atoms with E-state index < -0.39 is 0 Å². The molecule has 3 rings (SSSR count). The Bertz CT molecular complexity index is 790. The van der Waals surface area contributed by atoms with Gasteiger partial charge in [-0.1, -0.05) is 36.4 Å². The van der Waals surface area contributed by atoms with E-state index in [-0.39, 0.29) is 11.3 Å². The van der Waals surface area contributed by atoms with Crippen molar-refractivity contribution in [2.75, 3.05) is 6.61 Å². The Labute approximate surface area is 143 Å². The van der Waals surface area contributed by atoms with Crippen LogP contribution in [0.2, 0.25) is 0 Å². The molecule has 24 heavy (non-hydrogen) atoms. The van der Waals surface area contributed by atoms with Crippen molar-refractivity contribution in [2.24, 2.45) is 0 Å². The van der Waals surface area contributed by atoms with Crippen LogP contribution in [0.1, 0.15) is 42.3 Å². The van der Waals surface area contributed by atoms with Gasteiger partial charge in [-0.2, -0.15) is 0 Å². The fraction of sp³-hybridized carbons (Fsp3) is 0.286. The lowest BCUT2D eigenvalue weighted by molar-refractivity contribution is 0.104. The predicted molar refractivity (Wildman–Crippen MR) is 97.3 cm³/mol. The van der Waals surface area contributed by atoms with Gasteiger partial charge in [0, 0.05) is 22.9 Å². The molecule has 1 N–H and O–H groups in total. The molecule has 0 saturated heterocycles. The number of carbonyl (C=O) groups is 1. The van der Waals surface area contributed by atoms with Gasteiger partial charge < -0.3 is 10.1 Å². The van der Waals surface area contributed by atoms with Gasteiger partial charge in [-0.05, 0) is 44.9 Å². The number of benzene rings is 2. The van der Waals surface area contributed by atoms with Crippen molar-refractivity contribution in [3.05, 3.63) is 71.3 Å². The quantitative estimate of drug-likeness (QED) is 0.676. The van der Waals surface area contributed by atoms with E-state index in [9.17, 15) is 4.79 Å². The Morgan fingerprint density at radius 1 is 1.17 bits per heavy atom. The van der Waals surface area contributed by atoms with Crippen molar-refractivity contribution < 1.29 is 9.53 Å². The lowest BCUT2D eigenvalue weighted by Gasteiger charge is -2.35. The molecular formula is C21H23NO2. The number of rotatable bonds is 4. The number of para-hydroxylation sites is 1. The zero-order valence-electron chi connectivity index (χ0n) is 14.4. The molecule has 2 aromatic carbocycles. The predicted octanol–water partition coefficient (Wildman–Crippen LogP) is 4.23. The van der Waals surface area contributed by atoms with Crippen molar-refractivity contribution in [3.8, 4) is 5.75 Å². The summed E-state index contributed by atoms with van der Waals surface area (Å²) in [5, 5.41) is 3.50. The van der Waals surface area contributed by atoms with Crippen LogP contribution in [0.25, 0.3) is 5.70 Å². The highest BCUT2D eigenvalue weighted by Gasteiger charge is 2.27. The summed E-state index contributed by atoms with van der Waals surface area (Å²) in [6.45, 7) is 6.75. The number of ether oxygens (including phenoxy) is 1. The zero-order chi connectivity index (χ0) is 17.2. The molecule has 1 aliphatic rings. The average Bonchev–Trinajstić information content (AvgIpc) is 2.54. The molecule has 0 radical (unpaired) electrons. The van der Waals surface area contributed by atoms with Crippen molar-refractivity contribution in [2.45, 2.75) is 32.7 Å². The van der Waals surface area contributed by atoms with Crippen molar-refractivity contribution in [3.63, 3.8) is 0 Å². The van der Waals surface area contributed by atoms with Crippen LogP contribution in [0, 0.1) is 0 Å². The maximum Gasteiger partial charge on any atom is 0.191 e. The fourth-order valence-corrected chi connectivity index (χ4v) is 3.16. The van der Waals surface area contributed by atoms with Crippen LogP contribution < -0.4 is 10.1 Å².